The van der Waals surface area contributed by atoms with E-state index in [1.165, 1.54) is 0 Å². The first kappa shape index (κ1) is 27.6. The number of nitrogens with zero attached hydrogens (tertiary/aromatic N) is 7. The molecule has 47 heavy (non-hydrogen) atoms. The second-order valence-electron chi connectivity index (χ2n) is 11.1. The van der Waals surface area contributed by atoms with Crippen molar-refractivity contribution in [3.63, 3.8) is 0 Å². The molecule has 218 valence electrons. The summed E-state index contributed by atoms with van der Waals surface area (Å²) >= 11 is 0. The predicted octanol–water partition coefficient (Wildman–Crippen LogP) is 9.45. The van der Waals surface area contributed by atoms with Gasteiger partial charge in [0.05, 0.1) is 52.0 Å². The maximum atomic E-state index is 9.28. The summed E-state index contributed by atoms with van der Waals surface area (Å²) in [5.41, 5.74) is 11.2. The van der Waals surface area contributed by atoms with Crippen LogP contribution in [0.5, 0.6) is 0 Å². The minimum absolute atomic E-state index is 0.549. The summed E-state index contributed by atoms with van der Waals surface area (Å²) in [7, 11) is 0. The summed E-state index contributed by atoms with van der Waals surface area (Å²) in [4.78, 5) is 21.8. The third-order valence-electron chi connectivity index (χ3n) is 8.26. The Morgan fingerprint density at radius 3 is 1.94 bits per heavy atom. The fourth-order valence-electron chi connectivity index (χ4n) is 5.94. The molecule has 7 heteroatoms. The third kappa shape index (κ3) is 5.04. The molecule has 0 aliphatic rings. The maximum absolute atomic E-state index is 9.28. The van der Waals surface area contributed by atoms with Crippen LogP contribution in [0.4, 0.5) is 5.69 Å². The van der Waals surface area contributed by atoms with Crippen molar-refractivity contribution in [2.24, 2.45) is 0 Å². The lowest BCUT2D eigenvalue weighted by Gasteiger charge is -2.09. The van der Waals surface area contributed by atoms with Gasteiger partial charge < -0.3 is 4.57 Å². The highest BCUT2D eigenvalue weighted by Crippen LogP contribution is 2.37. The molecule has 0 aliphatic carbocycles. The van der Waals surface area contributed by atoms with Gasteiger partial charge in [-0.1, -0.05) is 36.4 Å². The topological polar surface area (TPSA) is 84.6 Å². The molecule has 0 amide bonds. The van der Waals surface area contributed by atoms with Gasteiger partial charge in [0.2, 0.25) is 0 Å². The summed E-state index contributed by atoms with van der Waals surface area (Å²) in [6.45, 7) is 7.31. The van der Waals surface area contributed by atoms with Crippen LogP contribution < -0.4 is 0 Å². The number of hydrogen-bond donors (Lipinski definition) is 0. The Bertz CT molecular complexity index is 2360. The van der Waals surface area contributed by atoms with E-state index in [-0.39, 0.29) is 0 Å². The molecular formula is C40H23N7. The zero-order valence-corrected chi connectivity index (χ0v) is 24.9. The Hall–Kier alpha value is -6.96. The van der Waals surface area contributed by atoms with Gasteiger partial charge in [0.1, 0.15) is 0 Å². The Morgan fingerprint density at radius 2 is 1.21 bits per heavy atom. The first-order valence-corrected chi connectivity index (χ1v) is 15.0. The highest BCUT2D eigenvalue weighted by molar-refractivity contribution is 6.11. The van der Waals surface area contributed by atoms with E-state index in [9.17, 15) is 5.26 Å². The number of aromatic nitrogens is 5. The molecule has 0 saturated carbocycles. The maximum Gasteiger partial charge on any atom is 0.190 e. The second kappa shape index (κ2) is 11.5. The lowest BCUT2D eigenvalue weighted by Crippen LogP contribution is -1.93. The van der Waals surface area contributed by atoms with Gasteiger partial charge in [-0.2, -0.15) is 5.26 Å². The van der Waals surface area contributed by atoms with Crippen LogP contribution >= 0.6 is 0 Å². The second-order valence-corrected chi connectivity index (χ2v) is 11.1. The fourth-order valence-corrected chi connectivity index (χ4v) is 5.94. The van der Waals surface area contributed by atoms with Gasteiger partial charge in [-0.15, -0.1) is 0 Å². The molecule has 0 bridgehead atoms. The number of pyridine rings is 4. The lowest BCUT2D eigenvalue weighted by molar-refractivity contribution is 1.18. The van der Waals surface area contributed by atoms with E-state index < -0.39 is 0 Å². The van der Waals surface area contributed by atoms with E-state index in [0.29, 0.717) is 22.6 Å². The third-order valence-corrected chi connectivity index (χ3v) is 8.26. The summed E-state index contributed by atoms with van der Waals surface area (Å²) in [6, 6.07) is 40.4. The van der Waals surface area contributed by atoms with Crippen LogP contribution in [0.1, 0.15) is 5.56 Å². The molecule has 7 nitrogen and oxygen atoms in total. The zero-order valence-electron chi connectivity index (χ0n) is 24.9. The van der Waals surface area contributed by atoms with E-state index in [4.69, 9.17) is 11.6 Å². The van der Waals surface area contributed by atoms with Crippen LogP contribution in [-0.4, -0.2) is 24.5 Å². The monoisotopic (exact) mass is 601 g/mol. The van der Waals surface area contributed by atoms with Crippen LogP contribution in [-0.2, 0) is 0 Å². The van der Waals surface area contributed by atoms with Crippen LogP contribution in [0, 0.1) is 17.9 Å². The summed E-state index contributed by atoms with van der Waals surface area (Å²) < 4.78 is 2.29. The van der Waals surface area contributed by atoms with Crippen LogP contribution in [0.2, 0.25) is 0 Å². The average molecular weight is 602 g/mol. The van der Waals surface area contributed by atoms with Gasteiger partial charge in [-0.25, -0.2) is 4.85 Å². The number of benzene rings is 3. The number of para-hydroxylation sites is 1. The van der Waals surface area contributed by atoms with Crippen LogP contribution in [0.3, 0.4) is 0 Å². The molecule has 5 heterocycles. The Kier molecular flexibility index (Phi) is 6.76. The molecule has 0 aliphatic heterocycles. The van der Waals surface area contributed by atoms with Crippen molar-refractivity contribution in [1.82, 2.24) is 24.5 Å². The minimum atomic E-state index is 0.549. The first-order valence-electron chi connectivity index (χ1n) is 15.0. The van der Waals surface area contributed by atoms with E-state index in [0.717, 1.165) is 61.1 Å². The molecule has 8 rings (SSSR count). The lowest BCUT2D eigenvalue weighted by atomic mass is 10.0. The highest BCUT2D eigenvalue weighted by atomic mass is 15.0. The number of hydrogen-bond acceptors (Lipinski definition) is 5. The largest absolute Gasteiger partial charge is 0.309 e. The zero-order chi connectivity index (χ0) is 31.7. The molecule has 0 radical (unpaired) electrons. The van der Waals surface area contributed by atoms with Gasteiger partial charge in [0, 0.05) is 57.9 Å². The van der Waals surface area contributed by atoms with Crippen molar-refractivity contribution >= 4 is 27.5 Å². The smallest absolute Gasteiger partial charge is 0.190 e. The number of fused-ring (bicyclic) bond motifs is 3. The summed E-state index contributed by atoms with van der Waals surface area (Å²) in [6.07, 6.45) is 6.94. The predicted molar refractivity (Wildman–Crippen MR) is 185 cm³/mol. The number of nitriles is 1. The Balaban J connectivity index is 1.22. The molecule has 0 fully saturated rings. The SMILES string of the molecule is [C-]#[N+]c1ccnc(-c2ccc(-c3ccc4c(c3)c3cc(-c5ccc(-c6cc(C#N)ccn6)nc5)ccc3n4-c3ccccc3)nc2)c1. The molecule has 3 aromatic carbocycles. The van der Waals surface area contributed by atoms with Gasteiger partial charge >= 0.3 is 0 Å². The molecule has 0 spiro atoms. The molecule has 5 aromatic heterocycles. The van der Waals surface area contributed by atoms with Crippen molar-refractivity contribution in [1.29, 1.82) is 5.26 Å². The van der Waals surface area contributed by atoms with Crippen molar-refractivity contribution in [3.8, 4) is 56.8 Å². The molecule has 0 N–H and O–H groups in total. The first-order chi connectivity index (χ1) is 23.2. The molecule has 0 unspecified atom stereocenters. The standard InChI is InChI=1S/C40H23N7/c1-42-31-16-18-43-37(22-31)30-8-11-35(45-25-30)28-10-14-40-34(21-28)33-20-27(9-13-39(33)47(40)32-5-3-2-4-6-32)29-7-12-36(46-24-29)38-19-26(23-41)15-17-44-38/h2-22,24-25H. The quantitative estimate of drug-likeness (QED) is 0.184. The summed E-state index contributed by atoms with van der Waals surface area (Å²) in [5.74, 6) is 0. The molecular weight excluding hydrogens is 578 g/mol. The van der Waals surface area contributed by atoms with Crippen molar-refractivity contribution < 1.29 is 0 Å². The van der Waals surface area contributed by atoms with Crippen LogP contribution in [0.15, 0.2) is 140 Å². The Morgan fingerprint density at radius 1 is 0.553 bits per heavy atom. The minimum Gasteiger partial charge on any atom is -0.309 e. The van der Waals surface area contributed by atoms with Gasteiger partial charge in [0.15, 0.2) is 5.69 Å². The highest BCUT2D eigenvalue weighted by Gasteiger charge is 2.15. The van der Waals surface area contributed by atoms with Crippen molar-refractivity contribution in [3.05, 3.63) is 157 Å². The normalized spacial score (nSPS) is 10.9. The van der Waals surface area contributed by atoms with E-state index >= 15 is 0 Å². The van der Waals surface area contributed by atoms with Crippen molar-refractivity contribution in [2.45, 2.75) is 0 Å². The van der Waals surface area contributed by atoms with Gasteiger partial charge in [-0.05, 0) is 84.4 Å². The summed E-state index contributed by atoms with van der Waals surface area (Å²) in [5, 5.41) is 11.5. The fraction of sp³-hybridized carbons (Fsp3) is 0. The Labute approximate surface area is 270 Å². The van der Waals surface area contributed by atoms with Crippen LogP contribution in [0.25, 0.3) is 77.4 Å². The van der Waals surface area contributed by atoms with Gasteiger partial charge in [0.25, 0.3) is 0 Å². The number of rotatable bonds is 5. The van der Waals surface area contributed by atoms with E-state index in [2.05, 4.69) is 91.1 Å². The molecule has 0 saturated heterocycles. The van der Waals surface area contributed by atoms with E-state index in [1.807, 2.05) is 42.7 Å². The average Bonchev–Trinajstić information content (AvgIpc) is 3.48. The van der Waals surface area contributed by atoms with Crippen molar-refractivity contribution in [2.75, 3.05) is 0 Å². The van der Waals surface area contributed by atoms with E-state index in [1.54, 1.807) is 36.7 Å². The molecule has 0 atom stereocenters. The van der Waals surface area contributed by atoms with Gasteiger partial charge in [-0.3, -0.25) is 19.9 Å². The molecule has 8 aromatic rings.